The number of carbonyl (C=O) groups is 1. The van der Waals surface area contributed by atoms with E-state index in [4.69, 9.17) is 9.15 Å². The van der Waals surface area contributed by atoms with Crippen LogP contribution in [0.15, 0.2) is 42.9 Å². The zero-order valence-electron chi connectivity index (χ0n) is 11.5. The predicted octanol–water partition coefficient (Wildman–Crippen LogP) is 3.67. The van der Waals surface area contributed by atoms with Crippen LogP contribution in [0, 0.1) is 0 Å². The molecule has 8 heteroatoms. The van der Waals surface area contributed by atoms with Gasteiger partial charge in [-0.1, -0.05) is 0 Å². The highest BCUT2D eigenvalue weighted by Gasteiger charge is 2.10. The molecule has 22 heavy (non-hydrogen) atoms. The molecular weight excluding hydrogens is 420 g/mol. The van der Waals surface area contributed by atoms with Crippen molar-refractivity contribution in [1.29, 1.82) is 0 Å². The first kappa shape index (κ1) is 16.6. The summed E-state index contributed by atoms with van der Waals surface area (Å²) in [5.41, 5.74) is 2.99. The quantitative estimate of drug-likeness (QED) is 0.558. The van der Waals surface area contributed by atoms with Gasteiger partial charge in [0.1, 0.15) is 0 Å². The molecule has 2 aromatic rings. The van der Waals surface area contributed by atoms with E-state index >= 15 is 0 Å². The van der Waals surface area contributed by atoms with Crippen molar-refractivity contribution < 1.29 is 19.1 Å². The van der Waals surface area contributed by atoms with Crippen molar-refractivity contribution in [3.05, 3.63) is 44.7 Å². The summed E-state index contributed by atoms with van der Waals surface area (Å²) in [5, 5.41) is 13.7. The maximum atomic E-state index is 11.7. The molecule has 0 aliphatic heterocycles. The first-order valence-electron chi connectivity index (χ1n) is 6.25. The molecule has 1 aromatic carbocycles. The fraction of sp³-hybridized carbons (Fsp3) is 0.143. The number of rotatable bonds is 5. The standard InChI is InChI=1S/C14H12Br2N2O4/c1-2-21-11-6-8(5-9(15)13(11)19)7-17-18-14(20)10-3-4-12(16)22-10/h3-7,19H,2H2,1H3,(H,18,20)/b17-7+. The first-order chi connectivity index (χ1) is 10.5. The summed E-state index contributed by atoms with van der Waals surface area (Å²) in [6, 6.07) is 6.41. The Kier molecular flexibility index (Phi) is 5.62. The van der Waals surface area contributed by atoms with E-state index in [0.29, 0.717) is 27.1 Å². The van der Waals surface area contributed by atoms with Gasteiger partial charge in [-0.2, -0.15) is 5.10 Å². The number of nitrogens with zero attached hydrogens (tertiary/aromatic N) is 1. The topological polar surface area (TPSA) is 84.1 Å². The van der Waals surface area contributed by atoms with Gasteiger partial charge in [-0.3, -0.25) is 4.79 Å². The fourth-order valence-electron chi connectivity index (χ4n) is 1.59. The number of halogens is 2. The number of amides is 1. The lowest BCUT2D eigenvalue weighted by atomic mass is 10.2. The lowest BCUT2D eigenvalue weighted by molar-refractivity contribution is 0.0926. The van der Waals surface area contributed by atoms with E-state index in [0.717, 1.165) is 0 Å². The summed E-state index contributed by atoms with van der Waals surface area (Å²) < 4.78 is 11.3. The predicted molar refractivity (Wildman–Crippen MR) is 88.4 cm³/mol. The number of phenols is 1. The lowest BCUT2D eigenvalue weighted by Gasteiger charge is -2.08. The Morgan fingerprint density at radius 1 is 1.45 bits per heavy atom. The molecule has 116 valence electrons. The van der Waals surface area contributed by atoms with Crippen LogP contribution in [0.3, 0.4) is 0 Å². The SMILES string of the molecule is CCOc1cc(/C=N/NC(=O)c2ccc(Br)o2)cc(Br)c1O. The summed E-state index contributed by atoms with van der Waals surface area (Å²) in [7, 11) is 0. The van der Waals surface area contributed by atoms with Crippen molar-refractivity contribution in [1.82, 2.24) is 5.43 Å². The summed E-state index contributed by atoms with van der Waals surface area (Å²) in [6.45, 7) is 2.24. The summed E-state index contributed by atoms with van der Waals surface area (Å²) in [6.07, 6.45) is 1.43. The molecule has 6 nitrogen and oxygen atoms in total. The minimum absolute atomic E-state index is 0.0171. The summed E-state index contributed by atoms with van der Waals surface area (Å²) >= 11 is 6.34. The average Bonchev–Trinajstić information content (AvgIpc) is 2.91. The summed E-state index contributed by atoms with van der Waals surface area (Å²) in [5.74, 6) is 0.0267. The number of phenolic OH excluding ortho intramolecular Hbond substituents is 1. The lowest BCUT2D eigenvalue weighted by Crippen LogP contribution is -2.16. The van der Waals surface area contributed by atoms with Crippen LogP contribution in [-0.4, -0.2) is 23.8 Å². The van der Waals surface area contributed by atoms with Crippen LogP contribution >= 0.6 is 31.9 Å². The molecule has 1 heterocycles. The third kappa shape index (κ3) is 4.11. The van der Waals surface area contributed by atoms with E-state index in [1.165, 1.54) is 12.3 Å². The largest absolute Gasteiger partial charge is 0.503 e. The number of hydrogen-bond acceptors (Lipinski definition) is 5. The molecule has 2 N–H and O–H groups in total. The van der Waals surface area contributed by atoms with Crippen LogP contribution in [0.2, 0.25) is 0 Å². The number of hydrogen-bond donors (Lipinski definition) is 2. The zero-order valence-corrected chi connectivity index (χ0v) is 14.6. The molecule has 1 amide bonds. The van der Waals surface area contributed by atoms with E-state index in [2.05, 4.69) is 42.4 Å². The van der Waals surface area contributed by atoms with Crippen molar-refractivity contribution in [2.75, 3.05) is 6.61 Å². The Morgan fingerprint density at radius 2 is 2.23 bits per heavy atom. The van der Waals surface area contributed by atoms with Gasteiger partial charge in [-0.05, 0) is 68.6 Å². The molecule has 0 saturated heterocycles. The smallest absolute Gasteiger partial charge is 0.307 e. The molecular formula is C14H12Br2N2O4. The molecule has 0 aliphatic carbocycles. The van der Waals surface area contributed by atoms with Crippen molar-refractivity contribution in [3.63, 3.8) is 0 Å². The minimum Gasteiger partial charge on any atom is -0.503 e. The van der Waals surface area contributed by atoms with E-state index < -0.39 is 5.91 Å². The van der Waals surface area contributed by atoms with Gasteiger partial charge < -0.3 is 14.3 Å². The maximum absolute atomic E-state index is 11.7. The highest BCUT2D eigenvalue weighted by atomic mass is 79.9. The van der Waals surface area contributed by atoms with Gasteiger partial charge in [0, 0.05) is 0 Å². The van der Waals surface area contributed by atoms with Gasteiger partial charge in [0.25, 0.3) is 0 Å². The second kappa shape index (κ2) is 7.46. The molecule has 0 aliphatic rings. The van der Waals surface area contributed by atoms with E-state index in [1.807, 2.05) is 6.92 Å². The third-order valence-corrected chi connectivity index (χ3v) is 3.56. The number of ether oxygens (including phenoxy) is 1. The number of nitrogens with one attached hydrogen (secondary N) is 1. The van der Waals surface area contributed by atoms with Crippen molar-refractivity contribution in [2.45, 2.75) is 6.92 Å². The van der Waals surface area contributed by atoms with Crippen molar-refractivity contribution in [3.8, 4) is 11.5 Å². The van der Waals surface area contributed by atoms with Crippen LogP contribution in [-0.2, 0) is 0 Å². The number of aromatic hydroxyl groups is 1. The van der Waals surface area contributed by atoms with Crippen molar-refractivity contribution in [2.24, 2.45) is 5.10 Å². The average molecular weight is 432 g/mol. The van der Waals surface area contributed by atoms with Crippen LogP contribution in [0.25, 0.3) is 0 Å². The number of hydrazone groups is 1. The Labute approximate surface area is 143 Å². The monoisotopic (exact) mass is 430 g/mol. The van der Waals surface area contributed by atoms with Gasteiger partial charge in [0.2, 0.25) is 0 Å². The summed E-state index contributed by atoms with van der Waals surface area (Å²) in [4.78, 5) is 11.7. The van der Waals surface area contributed by atoms with Gasteiger partial charge >= 0.3 is 5.91 Å². The number of benzene rings is 1. The van der Waals surface area contributed by atoms with Gasteiger partial charge in [0.15, 0.2) is 21.9 Å². The molecule has 0 saturated carbocycles. The molecule has 1 aromatic heterocycles. The number of carbonyl (C=O) groups excluding carboxylic acids is 1. The molecule has 0 bridgehead atoms. The Bertz CT molecular complexity index is 713. The molecule has 0 fully saturated rings. The Morgan fingerprint density at radius 3 is 2.86 bits per heavy atom. The van der Waals surface area contributed by atoms with Gasteiger partial charge in [0.05, 0.1) is 17.3 Å². The highest BCUT2D eigenvalue weighted by molar-refractivity contribution is 9.10. The Balaban J connectivity index is 2.08. The molecule has 0 unspecified atom stereocenters. The Hall–Kier alpha value is -1.80. The van der Waals surface area contributed by atoms with Crippen LogP contribution < -0.4 is 10.2 Å². The van der Waals surface area contributed by atoms with E-state index in [-0.39, 0.29) is 11.5 Å². The van der Waals surface area contributed by atoms with Crippen LogP contribution in [0.1, 0.15) is 23.0 Å². The molecule has 0 radical (unpaired) electrons. The minimum atomic E-state index is -0.468. The zero-order chi connectivity index (χ0) is 16.1. The molecule has 0 spiro atoms. The van der Waals surface area contributed by atoms with Crippen LogP contribution in [0.4, 0.5) is 0 Å². The molecule has 0 atom stereocenters. The van der Waals surface area contributed by atoms with Crippen molar-refractivity contribution >= 4 is 44.0 Å². The normalized spacial score (nSPS) is 10.9. The second-order valence-corrected chi connectivity index (χ2v) is 5.72. The van der Waals surface area contributed by atoms with Gasteiger partial charge in [-0.25, -0.2) is 5.43 Å². The molecule has 2 rings (SSSR count). The van der Waals surface area contributed by atoms with E-state index in [1.54, 1.807) is 18.2 Å². The number of furan rings is 1. The fourth-order valence-corrected chi connectivity index (χ4v) is 2.36. The second-order valence-electron chi connectivity index (χ2n) is 4.09. The van der Waals surface area contributed by atoms with Crippen LogP contribution in [0.5, 0.6) is 11.5 Å². The third-order valence-electron chi connectivity index (χ3n) is 2.53. The first-order valence-corrected chi connectivity index (χ1v) is 7.84. The maximum Gasteiger partial charge on any atom is 0.307 e. The highest BCUT2D eigenvalue weighted by Crippen LogP contribution is 2.35. The van der Waals surface area contributed by atoms with Gasteiger partial charge in [-0.15, -0.1) is 0 Å². The van der Waals surface area contributed by atoms with E-state index in [9.17, 15) is 9.90 Å².